The van der Waals surface area contributed by atoms with E-state index >= 15 is 0 Å². The molecule has 0 aliphatic heterocycles. The van der Waals surface area contributed by atoms with E-state index in [0.717, 1.165) is 19.3 Å². The number of benzene rings is 2. The lowest BCUT2D eigenvalue weighted by atomic mass is 10.2. The molecular weight excluding hydrogens is 513 g/mol. The molecule has 2 aromatic carbocycles. The van der Waals surface area contributed by atoms with Crippen molar-refractivity contribution < 1.29 is 13.2 Å². The summed E-state index contributed by atoms with van der Waals surface area (Å²) in [6.07, 6.45) is 1.15. The third kappa shape index (κ3) is 5.92. The highest BCUT2D eigenvalue weighted by Gasteiger charge is 2.25. The number of thiazole rings is 1. The van der Waals surface area contributed by atoms with Gasteiger partial charge in [0.1, 0.15) is 5.52 Å². The van der Waals surface area contributed by atoms with Crippen molar-refractivity contribution in [2.45, 2.75) is 18.7 Å². The molecule has 1 aromatic heterocycles. The number of nitrogens with zero attached hydrogens (tertiary/aromatic N) is 3. The Hall–Kier alpha value is -1.42. The molecule has 1 amide bonds. The number of para-hydroxylation sites is 1. The summed E-state index contributed by atoms with van der Waals surface area (Å²) in [4.78, 5) is 21.9. The van der Waals surface area contributed by atoms with Crippen LogP contribution in [0.3, 0.4) is 0 Å². The van der Waals surface area contributed by atoms with Crippen molar-refractivity contribution in [3.05, 3.63) is 52.0 Å². The van der Waals surface area contributed by atoms with E-state index in [0.29, 0.717) is 39.0 Å². The molecule has 0 saturated heterocycles. The topological polar surface area (TPSA) is 70.6 Å². The van der Waals surface area contributed by atoms with Gasteiger partial charge in [0.25, 0.3) is 5.91 Å². The third-order valence-corrected chi connectivity index (χ3v) is 7.66. The molecule has 11 heteroatoms. The molecule has 32 heavy (non-hydrogen) atoms. The second-order valence-corrected chi connectivity index (χ2v) is 10.8. The fourth-order valence-electron chi connectivity index (χ4n) is 3.20. The van der Waals surface area contributed by atoms with Crippen LogP contribution >= 0.6 is 46.9 Å². The zero-order chi connectivity index (χ0) is 22.8. The van der Waals surface area contributed by atoms with Crippen molar-refractivity contribution >= 4 is 78.0 Å². The van der Waals surface area contributed by atoms with Crippen LogP contribution in [0.4, 0.5) is 5.13 Å². The van der Waals surface area contributed by atoms with Crippen LogP contribution < -0.4 is 4.90 Å². The van der Waals surface area contributed by atoms with Gasteiger partial charge >= 0.3 is 0 Å². The van der Waals surface area contributed by atoms with Gasteiger partial charge in [-0.05, 0) is 43.4 Å². The summed E-state index contributed by atoms with van der Waals surface area (Å²) in [6.45, 7) is 6.83. The average molecular weight is 537 g/mol. The lowest BCUT2D eigenvalue weighted by molar-refractivity contribution is 0.0984. The van der Waals surface area contributed by atoms with E-state index < -0.39 is 9.84 Å². The molecule has 0 spiro atoms. The van der Waals surface area contributed by atoms with Gasteiger partial charge in [-0.2, -0.15) is 0 Å². The monoisotopic (exact) mass is 535 g/mol. The van der Waals surface area contributed by atoms with Gasteiger partial charge in [-0.25, -0.2) is 13.4 Å². The number of carbonyl (C=O) groups excluding carboxylic acids is 1. The number of hydrogen-bond acceptors (Lipinski definition) is 6. The summed E-state index contributed by atoms with van der Waals surface area (Å²) in [5.41, 5.74) is 0.682. The fraction of sp³-hybridized carbons (Fsp3) is 0.333. The molecule has 0 bridgehead atoms. The molecule has 174 valence electrons. The minimum Gasteiger partial charge on any atom is -0.302 e. The summed E-state index contributed by atoms with van der Waals surface area (Å²) in [5.74, 6) is -0.311. The zero-order valence-corrected chi connectivity index (χ0v) is 21.8. The first kappa shape index (κ1) is 26.8. The van der Waals surface area contributed by atoms with E-state index in [9.17, 15) is 13.2 Å². The van der Waals surface area contributed by atoms with Gasteiger partial charge in [0.15, 0.2) is 15.0 Å². The standard InChI is InChI=1S/C21H23Cl2N3O3S2.ClH/c1-4-25(5-2)11-12-26(20(27)15-10-9-14(22)13-16(15)23)21-24-19-17(30-21)7-6-8-18(19)31(3,28)29;/h6-10,13H,4-5,11-12H2,1-3H3;1H. The van der Waals surface area contributed by atoms with E-state index in [2.05, 4.69) is 23.7 Å². The van der Waals surface area contributed by atoms with Crippen LogP contribution in [0.25, 0.3) is 10.2 Å². The molecule has 0 fully saturated rings. The highest BCUT2D eigenvalue weighted by atomic mass is 35.5. The second-order valence-electron chi connectivity index (χ2n) is 6.98. The quantitative estimate of drug-likeness (QED) is 0.385. The Morgan fingerprint density at radius 3 is 2.38 bits per heavy atom. The molecule has 6 nitrogen and oxygen atoms in total. The molecule has 0 N–H and O–H groups in total. The number of likely N-dealkylation sites (N-methyl/N-ethyl adjacent to an activating group) is 1. The van der Waals surface area contributed by atoms with Crippen LogP contribution in [0.5, 0.6) is 0 Å². The van der Waals surface area contributed by atoms with Gasteiger partial charge in [-0.1, -0.05) is 54.5 Å². The normalized spacial score (nSPS) is 11.6. The molecule has 0 saturated carbocycles. The van der Waals surface area contributed by atoms with E-state index in [1.165, 1.54) is 23.5 Å². The average Bonchev–Trinajstić information content (AvgIpc) is 3.14. The lowest BCUT2D eigenvalue weighted by Crippen LogP contribution is -2.39. The van der Waals surface area contributed by atoms with Gasteiger partial charge in [-0.15, -0.1) is 12.4 Å². The van der Waals surface area contributed by atoms with Crippen LogP contribution in [-0.4, -0.2) is 56.6 Å². The maximum Gasteiger partial charge on any atom is 0.261 e. The fourth-order valence-corrected chi connectivity index (χ4v) is 5.60. The van der Waals surface area contributed by atoms with Crippen molar-refractivity contribution in [2.75, 3.05) is 37.3 Å². The Morgan fingerprint density at radius 2 is 1.78 bits per heavy atom. The SMILES string of the molecule is CCN(CC)CCN(C(=O)c1ccc(Cl)cc1Cl)c1nc2c(S(C)(=O)=O)cccc2s1.Cl. The summed E-state index contributed by atoms with van der Waals surface area (Å²) in [6, 6.07) is 9.74. The first-order valence-electron chi connectivity index (χ1n) is 9.74. The maximum absolute atomic E-state index is 13.5. The van der Waals surface area contributed by atoms with Crippen LogP contribution in [0.2, 0.25) is 10.0 Å². The minimum atomic E-state index is -3.46. The van der Waals surface area contributed by atoms with Crippen molar-refractivity contribution in [1.82, 2.24) is 9.88 Å². The smallest absolute Gasteiger partial charge is 0.261 e. The lowest BCUT2D eigenvalue weighted by Gasteiger charge is -2.25. The van der Waals surface area contributed by atoms with Gasteiger partial charge < -0.3 is 4.90 Å². The van der Waals surface area contributed by atoms with Gasteiger partial charge in [0, 0.05) is 24.4 Å². The van der Waals surface area contributed by atoms with Crippen molar-refractivity contribution in [1.29, 1.82) is 0 Å². The number of hydrogen-bond donors (Lipinski definition) is 0. The van der Waals surface area contributed by atoms with E-state index in [1.807, 2.05) is 0 Å². The Labute approximate surface area is 208 Å². The Kier molecular flexibility index (Phi) is 9.34. The van der Waals surface area contributed by atoms with Crippen molar-refractivity contribution in [3.63, 3.8) is 0 Å². The number of anilines is 1. The van der Waals surface area contributed by atoms with E-state index in [-0.39, 0.29) is 28.2 Å². The van der Waals surface area contributed by atoms with Crippen LogP contribution in [-0.2, 0) is 9.84 Å². The van der Waals surface area contributed by atoms with Crippen molar-refractivity contribution in [3.8, 4) is 0 Å². The highest BCUT2D eigenvalue weighted by Crippen LogP contribution is 2.34. The van der Waals surface area contributed by atoms with Crippen LogP contribution in [0.15, 0.2) is 41.3 Å². The summed E-state index contributed by atoms with van der Waals surface area (Å²) >= 11 is 13.6. The van der Waals surface area contributed by atoms with E-state index in [4.69, 9.17) is 23.2 Å². The number of halogens is 3. The molecule has 1 heterocycles. The number of carbonyl (C=O) groups is 1. The number of rotatable bonds is 8. The van der Waals surface area contributed by atoms with Gasteiger partial charge in [-0.3, -0.25) is 9.69 Å². The molecule has 3 aromatic rings. The second kappa shape index (κ2) is 11.1. The minimum absolute atomic E-state index is 0. The Balaban J connectivity index is 0.00000363. The van der Waals surface area contributed by atoms with Gasteiger partial charge in [0.05, 0.1) is 20.2 Å². The summed E-state index contributed by atoms with van der Waals surface area (Å²) < 4.78 is 25.1. The Morgan fingerprint density at radius 1 is 1.09 bits per heavy atom. The zero-order valence-electron chi connectivity index (χ0n) is 17.8. The first-order valence-corrected chi connectivity index (χ1v) is 13.2. The van der Waals surface area contributed by atoms with E-state index in [1.54, 1.807) is 29.2 Å². The molecule has 0 radical (unpaired) electrons. The van der Waals surface area contributed by atoms with Gasteiger partial charge in [0.2, 0.25) is 0 Å². The van der Waals surface area contributed by atoms with Crippen LogP contribution in [0.1, 0.15) is 24.2 Å². The summed E-state index contributed by atoms with van der Waals surface area (Å²) in [7, 11) is -3.46. The maximum atomic E-state index is 13.5. The number of sulfone groups is 1. The molecule has 0 atom stereocenters. The summed E-state index contributed by atoms with van der Waals surface area (Å²) in [5, 5.41) is 1.12. The predicted molar refractivity (Wildman–Crippen MR) is 136 cm³/mol. The highest BCUT2D eigenvalue weighted by molar-refractivity contribution is 7.91. The third-order valence-electron chi connectivity index (χ3n) is 4.94. The first-order chi connectivity index (χ1) is 14.7. The molecule has 0 aliphatic rings. The molecule has 3 rings (SSSR count). The predicted octanol–water partition coefficient (Wildman–Crippen LogP) is 5.42. The molecular formula is C21H24Cl3N3O3S2. The van der Waals surface area contributed by atoms with Crippen molar-refractivity contribution in [2.24, 2.45) is 0 Å². The molecule has 0 aliphatic carbocycles. The number of fused-ring (bicyclic) bond motifs is 1. The molecule has 0 unspecified atom stereocenters. The number of aromatic nitrogens is 1. The largest absolute Gasteiger partial charge is 0.302 e. The Bertz CT molecular complexity index is 1210. The van der Waals surface area contributed by atoms with Crippen LogP contribution in [0, 0.1) is 0 Å². The number of amides is 1.